The molecule has 0 bridgehead atoms. The van der Waals surface area contributed by atoms with E-state index in [2.05, 4.69) is 9.98 Å². The molecule has 172 valence electrons. The van der Waals surface area contributed by atoms with Crippen molar-refractivity contribution in [1.29, 1.82) is 0 Å². The number of ether oxygens (including phenoxy) is 1. The van der Waals surface area contributed by atoms with Gasteiger partial charge in [0.1, 0.15) is 16.9 Å². The van der Waals surface area contributed by atoms with Crippen LogP contribution in [0.25, 0.3) is 16.7 Å². The SMILES string of the molecule is CCOC(=O)c1cc2c(=O)n3ccccc3nc2n(C)c1=NC(=O)c1cccc([N+](=O)[O-])c1C. The topological polar surface area (TPSA) is 138 Å². The number of amides is 1. The van der Waals surface area contributed by atoms with E-state index >= 15 is 0 Å². The maximum Gasteiger partial charge on any atom is 0.341 e. The first-order valence-corrected chi connectivity index (χ1v) is 10.3. The third-order valence-electron chi connectivity index (χ3n) is 5.35. The number of nitro groups is 1. The number of carbonyl (C=O) groups is 2. The molecular formula is C23H19N5O6. The lowest BCUT2D eigenvalue weighted by Gasteiger charge is -2.11. The van der Waals surface area contributed by atoms with Crippen LogP contribution < -0.4 is 11.0 Å². The largest absolute Gasteiger partial charge is 0.462 e. The normalized spacial score (nSPS) is 11.7. The van der Waals surface area contributed by atoms with Crippen LogP contribution in [0.15, 0.2) is 58.4 Å². The summed E-state index contributed by atoms with van der Waals surface area (Å²) in [5, 5.41) is 11.4. The van der Waals surface area contributed by atoms with E-state index in [4.69, 9.17) is 4.74 Å². The molecule has 0 aliphatic rings. The molecule has 0 aliphatic heterocycles. The van der Waals surface area contributed by atoms with E-state index in [-0.39, 0.29) is 45.5 Å². The molecule has 34 heavy (non-hydrogen) atoms. The molecule has 11 nitrogen and oxygen atoms in total. The zero-order chi connectivity index (χ0) is 24.6. The zero-order valence-electron chi connectivity index (χ0n) is 18.5. The van der Waals surface area contributed by atoms with Gasteiger partial charge >= 0.3 is 5.97 Å². The van der Waals surface area contributed by atoms with Gasteiger partial charge in [0, 0.05) is 24.9 Å². The van der Waals surface area contributed by atoms with Crippen molar-refractivity contribution < 1.29 is 19.2 Å². The minimum atomic E-state index is -0.792. The van der Waals surface area contributed by atoms with Gasteiger partial charge in [0.05, 0.1) is 22.5 Å². The number of fused-ring (bicyclic) bond motifs is 2. The molecule has 3 heterocycles. The summed E-state index contributed by atoms with van der Waals surface area (Å²) in [5.74, 6) is -1.57. The van der Waals surface area contributed by atoms with Crippen molar-refractivity contribution in [3.63, 3.8) is 0 Å². The fourth-order valence-corrected chi connectivity index (χ4v) is 3.67. The van der Waals surface area contributed by atoms with Crippen LogP contribution in [0, 0.1) is 17.0 Å². The Morgan fingerprint density at radius 3 is 2.65 bits per heavy atom. The maximum atomic E-state index is 13.1. The summed E-state index contributed by atoms with van der Waals surface area (Å²) in [6.45, 7) is 3.13. The van der Waals surface area contributed by atoms with Gasteiger partial charge in [-0.1, -0.05) is 12.1 Å². The fourth-order valence-electron chi connectivity index (χ4n) is 3.67. The summed E-state index contributed by atoms with van der Waals surface area (Å²) in [4.78, 5) is 58.2. The van der Waals surface area contributed by atoms with E-state index in [1.54, 1.807) is 31.3 Å². The lowest BCUT2D eigenvalue weighted by Crippen LogP contribution is -2.31. The van der Waals surface area contributed by atoms with Gasteiger partial charge in [0.2, 0.25) is 0 Å². The highest BCUT2D eigenvalue weighted by Gasteiger charge is 2.21. The Labute approximate surface area is 191 Å². The van der Waals surface area contributed by atoms with Crippen LogP contribution in [0.2, 0.25) is 0 Å². The van der Waals surface area contributed by atoms with Crippen LogP contribution in [0.5, 0.6) is 0 Å². The molecule has 0 aliphatic carbocycles. The second-order valence-electron chi connectivity index (χ2n) is 7.37. The van der Waals surface area contributed by atoms with Crippen molar-refractivity contribution in [3.05, 3.63) is 91.3 Å². The molecule has 0 unspecified atom stereocenters. The van der Waals surface area contributed by atoms with E-state index in [9.17, 15) is 24.5 Å². The van der Waals surface area contributed by atoms with E-state index in [1.165, 1.54) is 47.2 Å². The number of carbonyl (C=O) groups excluding carboxylic acids is 2. The van der Waals surface area contributed by atoms with Crippen LogP contribution in [0.1, 0.15) is 33.2 Å². The van der Waals surface area contributed by atoms with Gasteiger partial charge in [-0.2, -0.15) is 4.99 Å². The second kappa shape index (κ2) is 8.70. The predicted molar refractivity (Wildman–Crippen MR) is 122 cm³/mol. The number of aryl methyl sites for hydroxylation is 1. The molecule has 0 spiro atoms. The third kappa shape index (κ3) is 3.72. The standard InChI is InChI=1S/C23H19N5O6/c1-4-34-23(31)16-12-15-19(24-18-10-5-6-11-27(18)22(15)30)26(3)20(16)25-21(29)14-8-7-9-17(13(14)2)28(32)33/h5-12H,4H2,1-3H3. The van der Waals surface area contributed by atoms with E-state index in [0.717, 1.165) is 0 Å². The lowest BCUT2D eigenvalue weighted by molar-refractivity contribution is -0.385. The fraction of sp³-hybridized carbons (Fsp3) is 0.174. The molecule has 1 aromatic carbocycles. The van der Waals surface area contributed by atoms with Gasteiger partial charge in [-0.05, 0) is 38.1 Å². The molecule has 0 radical (unpaired) electrons. The number of hydrogen-bond acceptors (Lipinski definition) is 7. The zero-order valence-corrected chi connectivity index (χ0v) is 18.5. The Kier molecular flexibility index (Phi) is 5.76. The molecular weight excluding hydrogens is 442 g/mol. The van der Waals surface area contributed by atoms with Crippen molar-refractivity contribution in [2.45, 2.75) is 13.8 Å². The monoisotopic (exact) mass is 461 g/mol. The molecule has 3 aromatic heterocycles. The lowest BCUT2D eigenvalue weighted by atomic mass is 10.1. The van der Waals surface area contributed by atoms with Crippen LogP contribution in [0.4, 0.5) is 5.69 Å². The van der Waals surface area contributed by atoms with Gasteiger partial charge in [-0.25, -0.2) is 9.78 Å². The Hall–Kier alpha value is -4.67. The van der Waals surface area contributed by atoms with Crippen LogP contribution in [0.3, 0.4) is 0 Å². The van der Waals surface area contributed by atoms with E-state index < -0.39 is 22.4 Å². The Morgan fingerprint density at radius 2 is 1.94 bits per heavy atom. The highest BCUT2D eigenvalue weighted by molar-refractivity contribution is 5.98. The number of aromatic nitrogens is 3. The first kappa shape index (κ1) is 22.5. The number of rotatable bonds is 4. The number of benzene rings is 1. The predicted octanol–water partition coefficient (Wildman–Crippen LogP) is 2.32. The first-order chi connectivity index (χ1) is 16.2. The highest BCUT2D eigenvalue weighted by atomic mass is 16.6. The summed E-state index contributed by atoms with van der Waals surface area (Å²) < 4.78 is 7.82. The summed E-state index contributed by atoms with van der Waals surface area (Å²) in [5.41, 5.74) is -0.111. The average molecular weight is 461 g/mol. The summed E-state index contributed by atoms with van der Waals surface area (Å²) in [6, 6.07) is 10.4. The number of pyridine rings is 2. The Morgan fingerprint density at radius 1 is 1.18 bits per heavy atom. The molecule has 0 saturated heterocycles. The van der Waals surface area contributed by atoms with Crippen molar-refractivity contribution in [2.24, 2.45) is 12.0 Å². The van der Waals surface area contributed by atoms with Crippen LogP contribution in [-0.2, 0) is 11.8 Å². The summed E-state index contributed by atoms with van der Waals surface area (Å²) in [7, 11) is 1.52. The average Bonchev–Trinajstić information content (AvgIpc) is 2.81. The van der Waals surface area contributed by atoms with Crippen molar-refractivity contribution >= 4 is 34.2 Å². The third-order valence-corrected chi connectivity index (χ3v) is 5.35. The molecule has 0 saturated carbocycles. The number of nitro benzene ring substituents is 1. The molecule has 11 heteroatoms. The molecule has 1 amide bonds. The maximum absolute atomic E-state index is 13.1. The second-order valence-corrected chi connectivity index (χ2v) is 7.37. The molecule has 0 atom stereocenters. The molecule has 0 fully saturated rings. The van der Waals surface area contributed by atoms with Crippen molar-refractivity contribution in [2.75, 3.05) is 6.61 Å². The molecule has 0 N–H and O–H groups in total. The van der Waals surface area contributed by atoms with E-state index in [1.807, 2.05) is 0 Å². The summed E-state index contributed by atoms with van der Waals surface area (Å²) in [6.07, 6.45) is 1.56. The smallest absolute Gasteiger partial charge is 0.341 e. The van der Waals surface area contributed by atoms with Gasteiger partial charge in [0.15, 0.2) is 5.49 Å². The van der Waals surface area contributed by atoms with Gasteiger partial charge < -0.3 is 9.30 Å². The first-order valence-electron chi connectivity index (χ1n) is 10.3. The van der Waals surface area contributed by atoms with Crippen molar-refractivity contribution in [3.8, 4) is 0 Å². The number of esters is 1. The molecule has 4 aromatic rings. The van der Waals surface area contributed by atoms with Gasteiger partial charge in [0.25, 0.3) is 17.2 Å². The van der Waals surface area contributed by atoms with Crippen molar-refractivity contribution in [1.82, 2.24) is 14.0 Å². The number of nitrogens with zero attached hydrogens (tertiary/aromatic N) is 5. The van der Waals surface area contributed by atoms with Gasteiger partial charge in [-0.15, -0.1) is 0 Å². The Bertz CT molecular complexity index is 1630. The minimum absolute atomic E-state index is 0.00986. The van der Waals surface area contributed by atoms with Crippen LogP contribution >= 0.6 is 0 Å². The summed E-state index contributed by atoms with van der Waals surface area (Å²) >= 11 is 0. The minimum Gasteiger partial charge on any atom is -0.462 e. The Balaban J connectivity index is 2.05. The number of hydrogen-bond donors (Lipinski definition) is 0. The van der Waals surface area contributed by atoms with E-state index in [0.29, 0.717) is 5.65 Å². The quantitative estimate of drug-likeness (QED) is 0.197. The molecule has 4 rings (SSSR count). The van der Waals surface area contributed by atoms with Gasteiger partial charge in [-0.3, -0.25) is 24.1 Å². The van der Waals surface area contributed by atoms with Crippen LogP contribution in [-0.4, -0.2) is 37.4 Å². The highest BCUT2D eigenvalue weighted by Crippen LogP contribution is 2.21.